The number of rotatable bonds is 4. The molecule has 0 aliphatic heterocycles. The SMILES string of the molecule is FC(F)(F)c1ccc(NCC2(CCl)CCCCC2)c(Br)c1. The molecule has 1 saturated carbocycles. The highest BCUT2D eigenvalue weighted by atomic mass is 79.9. The molecule has 0 spiro atoms. The molecule has 1 aliphatic carbocycles. The number of alkyl halides is 4. The van der Waals surface area contributed by atoms with E-state index in [9.17, 15) is 13.2 Å². The fourth-order valence-electron chi connectivity index (χ4n) is 2.78. The second-order valence-electron chi connectivity index (χ2n) is 5.74. The lowest BCUT2D eigenvalue weighted by Gasteiger charge is -2.36. The summed E-state index contributed by atoms with van der Waals surface area (Å²) in [6.07, 6.45) is 1.40. The topological polar surface area (TPSA) is 12.0 Å². The Bertz CT molecular complexity index is 484. The molecule has 0 heterocycles. The van der Waals surface area contributed by atoms with Crippen molar-refractivity contribution in [2.75, 3.05) is 17.7 Å². The second kappa shape index (κ2) is 6.78. The van der Waals surface area contributed by atoms with E-state index >= 15 is 0 Å². The smallest absolute Gasteiger partial charge is 0.384 e. The van der Waals surface area contributed by atoms with Gasteiger partial charge in [-0.1, -0.05) is 19.3 Å². The number of nitrogens with one attached hydrogen (secondary N) is 1. The molecule has 1 nitrogen and oxygen atoms in total. The van der Waals surface area contributed by atoms with Crippen LogP contribution in [-0.2, 0) is 6.18 Å². The minimum absolute atomic E-state index is 0.0575. The van der Waals surface area contributed by atoms with Gasteiger partial charge >= 0.3 is 6.18 Å². The summed E-state index contributed by atoms with van der Waals surface area (Å²) in [6.45, 7) is 0.695. The lowest BCUT2D eigenvalue weighted by atomic mass is 9.75. The minimum atomic E-state index is -4.32. The zero-order valence-corrected chi connectivity index (χ0v) is 13.9. The molecule has 1 aliphatic rings. The highest BCUT2D eigenvalue weighted by Crippen LogP contribution is 2.39. The van der Waals surface area contributed by atoms with E-state index in [4.69, 9.17) is 11.6 Å². The number of hydrogen-bond acceptors (Lipinski definition) is 1. The van der Waals surface area contributed by atoms with Gasteiger partial charge in [-0.05, 0) is 47.0 Å². The van der Waals surface area contributed by atoms with E-state index < -0.39 is 11.7 Å². The van der Waals surface area contributed by atoms with E-state index in [-0.39, 0.29) is 5.41 Å². The summed E-state index contributed by atoms with van der Waals surface area (Å²) in [5.41, 5.74) is 0.0878. The van der Waals surface area contributed by atoms with Crippen LogP contribution in [-0.4, -0.2) is 12.4 Å². The van der Waals surface area contributed by atoms with Gasteiger partial charge in [0.1, 0.15) is 0 Å². The molecular formula is C15H18BrClF3N. The number of halogens is 5. The molecule has 1 fully saturated rings. The van der Waals surface area contributed by atoms with Gasteiger partial charge in [-0.25, -0.2) is 0 Å². The summed E-state index contributed by atoms with van der Waals surface area (Å²) in [6, 6.07) is 3.68. The summed E-state index contributed by atoms with van der Waals surface area (Å²) in [5, 5.41) is 3.25. The number of hydrogen-bond donors (Lipinski definition) is 1. The van der Waals surface area contributed by atoms with Crippen molar-refractivity contribution in [2.24, 2.45) is 5.41 Å². The first-order valence-corrected chi connectivity index (χ1v) is 8.36. The van der Waals surface area contributed by atoms with Gasteiger partial charge in [-0.3, -0.25) is 0 Å². The molecule has 21 heavy (non-hydrogen) atoms. The summed E-state index contributed by atoms with van der Waals surface area (Å²) < 4.78 is 38.3. The molecule has 1 N–H and O–H groups in total. The van der Waals surface area contributed by atoms with Crippen molar-refractivity contribution >= 4 is 33.2 Å². The summed E-state index contributed by atoms with van der Waals surface area (Å²) in [7, 11) is 0. The lowest BCUT2D eigenvalue weighted by molar-refractivity contribution is -0.137. The molecule has 0 radical (unpaired) electrons. The van der Waals surface area contributed by atoms with E-state index in [0.29, 0.717) is 22.6 Å². The Labute approximate surface area is 136 Å². The van der Waals surface area contributed by atoms with Crippen LogP contribution in [0.1, 0.15) is 37.7 Å². The third-order valence-corrected chi connectivity index (χ3v) is 5.37. The van der Waals surface area contributed by atoms with Gasteiger partial charge in [0.15, 0.2) is 0 Å². The van der Waals surface area contributed by atoms with Crippen LogP contribution in [0.2, 0.25) is 0 Å². The third-order valence-electron chi connectivity index (χ3n) is 4.15. The van der Waals surface area contributed by atoms with E-state index in [2.05, 4.69) is 21.2 Å². The van der Waals surface area contributed by atoms with E-state index in [1.807, 2.05) is 0 Å². The van der Waals surface area contributed by atoms with E-state index in [1.165, 1.54) is 25.3 Å². The van der Waals surface area contributed by atoms with Crippen LogP contribution < -0.4 is 5.32 Å². The lowest BCUT2D eigenvalue weighted by Crippen LogP contribution is -2.34. The Morgan fingerprint density at radius 1 is 1.19 bits per heavy atom. The van der Waals surface area contributed by atoms with Crippen LogP contribution in [0.3, 0.4) is 0 Å². The molecule has 1 aromatic rings. The quantitative estimate of drug-likeness (QED) is 0.621. The van der Waals surface area contributed by atoms with E-state index in [1.54, 1.807) is 0 Å². The Morgan fingerprint density at radius 2 is 1.86 bits per heavy atom. The van der Waals surface area contributed by atoms with Crippen molar-refractivity contribution in [2.45, 2.75) is 38.3 Å². The van der Waals surface area contributed by atoms with Crippen molar-refractivity contribution in [3.8, 4) is 0 Å². The largest absolute Gasteiger partial charge is 0.416 e. The van der Waals surface area contributed by atoms with Crippen molar-refractivity contribution in [1.29, 1.82) is 0 Å². The molecule has 0 saturated heterocycles. The Morgan fingerprint density at radius 3 is 2.38 bits per heavy atom. The third kappa shape index (κ3) is 4.28. The molecular weight excluding hydrogens is 367 g/mol. The highest BCUT2D eigenvalue weighted by Gasteiger charge is 2.32. The molecule has 118 valence electrons. The van der Waals surface area contributed by atoms with Gasteiger partial charge < -0.3 is 5.32 Å². The van der Waals surface area contributed by atoms with Crippen molar-refractivity contribution < 1.29 is 13.2 Å². The monoisotopic (exact) mass is 383 g/mol. The molecule has 0 bridgehead atoms. The Balaban J connectivity index is 2.06. The van der Waals surface area contributed by atoms with Crippen molar-refractivity contribution in [1.82, 2.24) is 0 Å². The first-order chi connectivity index (χ1) is 9.86. The van der Waals surface area contributed by atoms with Crippen LogP contribution >= 0.6 is 27.5 Å². The zero-order valence-electron chi connectivity index (χ0n) is 11.6. The predicted molar refractivity (Wildman–Crippen MR) is 83.9 cm³/mol. The molecule has 0 unspecified atom stereocenters. The molecule has 6 heteroatoms. The maximum absolute atomic E-state index is 12.6. The second-order valence-corrected chi connectivity index (χ2v) is 6.86. The van der Waals surface area contributed by atoms with Gasteiger partial charge in [-0.2, -0.15) is 13.2 Å². The molecule has 0 atom stereocenters. The maximum Gasteiger partial charge on any atom is 0.416 e. The van der Waals surface area contributed by atoms with Crippen molar-refractivity contribution in [3.63, 3.8) is 0 Å². The Kier molecular flexibility index (Phi) is 5.47. The molecule has 0 aromatic heterocycles. The van der Waals surface area contributed by atoms with Crippen LogP contribution in [0, 0.1) is 5.41 Å². The normalized spacial score (nSPS) is 18.5. The average molecular weight is 385 g/mol. The standard InChI is InChI=1S/C15H18BrClF3N/c16-12-8-11(15(18,19)20)4-5-13(12)21-10-14(9-17)6-2-1-3-7-14/h4-5,8,21H,1-3,6-7,9-10H2. The predicted octanol–water partition coefficient (Wildman–Crippen LogP) is 6.07. The van der Waals surface area contributed by atoms with Crippen LogP contribution in [0.5, 0.6) is 0 Å². The first-order valence-electron chi connectivity index (χ1n) is 7.03. The van der Waals surface area contributed by atoms with Crippen LogP contribution in [0.15, 0.2) is 22.7 Å². The summed E-state index contributed by atoms with van der Waals surface area (Å²) in [4.78, 5) is 0. The van der Waals surface area contributed by atoms with E-state index in [0.717, 1.165) is 25.0 Å². The fraction of sp³-hybridized carbons (Fsp3) is 0.600. The van der Waals surface area contributed by atoms with Crippen LogP contribution in [0.25, 0.3) is 0 Å². The van der Waals surface area contributed by atoms with Gasteiger partial charge in [-0.15, -0.1) is 11.6 Å². The maximum atomic E-state index is 12.6. The molecule has 1 aromatic carbocycles. The fourth-order valence-corrected chi connectivity index (χ4v) is 3.66. The van der Waals surface area contributed by atoms with Crippen LogP contribution in [0.4, 0.5) is 18.9 Å². The molecule has 0 amide bonds. The van der Waals surface area contributed by atoms with Crippen molar-refractivity contribution in [3.05, 3.63) is 28.2 Å². The zero-order chi connectivity index (χ0) is 15.5. The van der Waals surface area contributed by atoms with Gasteiger partial charge in [0.05, 0.1) is 5.56 Å². The van der Waals surface area contributed by atoms with Gasteiger partial charge in [0, 0.05) is 28.0 Å². The molecule has 2 rings (SSSR count). The summed E-state index contributed by atoms with van der Waals surface area (Å²) in [5.74, 6) is 0.582. The van der Waals surface area contributed by atoms with Gasteiger partial charge in [0.2, 0.25) is 0 Å². The summed E-state index contributed by atoms with van der Waals surface area (Å²) >= 11 is 9.34. The average Bonchev–Trinajstić information content (AvgIpc) is 2.46. The first kappa shape index (κ1) is 16.9. The van der Waals surface area contributed by atoms with Gasteiger partial charge in [0.25, 0.3) is 0 Å². The highest BCUT2D eigenvalue weighted by molar-refractivity contribution is 9.10. The Hall–Kier alpha value is -0.420. The number of benzene rings is 1. The number of anilines is 1. The minimum Gasteiger partial charge on any atom is -0.384 e.